The molecule has 0 aliphatic carbocycles. The molecule has 0 saturated heterocycles. The third-order valence-electron chi connectivity index (χ3n) is 3.06. The van der Waals surface area contributed by atoms with E-state index < -0.39 is 0 Å². The van der Waals surface area contributed by atoms with E-state index >= 15 is 0 Å². The van der Waals surface area contributed by atoms with Crippen molar-refractivity contribution >= 4 is 52.8 Å². The molecular weight excluding hydrogens is 387 g/mol. The van der Waals surface area contributed by atoms with Gasteiger partial charge >= 0.3 is 0 Å². The average molecular weight is 398 g/mol. The fourth-order valence-corrected chi connectivity index (χ4v) is 3.10. The molecule has 24 heavy (non-hydrogen) atoms. The van der Waals surface area contributed by atoms with E-state index in [1.165, 1.54) is 11.8 Å². The van der Waals surface area contributed by atoms with E-state index in [1.54, 1.807) is 29.4 Å². The summed E-state index contributed by atoms with van der Waals surface area (Å²) in [5.41, 5.74) is 1.99. The van der Waals surface area contributed by atoms with Crippen LogP contribution in [-0.4, -0.2) is 21.1 Å². The zero-order valence-corrected chi connectivity index (χ0v) is 15.3. The Kier molecular flexibility index (Phi) is 5.79. The van der Waals surface area contributed by atoms with Crippen LogP contribution in [0.25, 0.3) is 0 Å². The van der Waals surface area contributed by atoms with Crippen LogP contribution in [0.2, 0.25) is 15.1 Å². The first-order valence-electron chi connectivity index (χ1n) is 6.88. The SMILES string of the molecule is Clc1ccc(CSc2nncn2/N=C/c2ccc(Cl)c(Cl)c2)cc1. The predicted octanol–water partition coefficient (Wildman–Crippen LogP) is 5.41. The van der Waals surface area contributed by atoms with Crippen molar-refractivity contribution in [2.24, 2.45) is 5.10 Å². The number of hydrogen-bond donors (Lipinski definition) is 0. The molecule has 0 fully saturated rings. The van der Waals surface area contributed by atoms with E-state index in [0.29, 0.717) is 15.2 Å². The predicted molar refractivity (Wildman–Crippen MR) is 100 cm³/mol. The molecule has 0 amide bonds. The highest BCUT2D eigenvalue weighted by Gasteiger charge is 2.05. The number of halogens is 3. The Morgan fingerprint density at radius 3 is 2.58 bits per heavy atom. The molecule has 2 aromatic carbocycles. The normalized spacial score (nSPS) is 11.3. The molecule has 8 heteroatoms. The van der Waals surface area contributed by atoms with E-state index in [-0.39, 0.29) is 0 Å². The lowest BCUT2D eigenvalue weighted by Gasteiger charge is -2.02. The highest BCUT2D eigenvalue weighted by molar-refractivity contribution is 7.98. The van der Waals surface area contributed by atoms with Gasteiger partial charge in [-0.05, 0) is 35.4 Å². The summed E-state index contributed by atoms with van der Waals surface area (Å²) in [6.07, 6.45) is 3.23. The third-order valence-corrected chi connectivity index (χ3v) is 5.05. The van der Waals surface area contributed by atoms with E-state index in [1.807, 2.05) is 30.3 Å². The van der Waals surface area contributed by atoms with Crippen molar-refractivity contribution in [2.45, 2.75) is 10.9 Å². The first-order valence-corrected chi connectivity index (χ1v) is 9.00. The molecule has 0 saturated carbocycles. The maximum atomic E-state index is 6.00. The van der Waals surface area contributed by atoms with Gasteiger partial charge in [0.2, 0.25) is 5.16 Å². The van der Waals surface area contributed by atoms with Gasteiger partial charge in [0.25, 0.3) is 0 Å². The second-order valence-corrected chi connectivity index (χ2v) is 6.98. The lowest BCUT2D eigenvalue weighted by molar-refractivity contribution is 0.767. The number of rotatable bonds is 5. The monoisotopic (exact) mass is 396 g/mol. The number of hydrogen-bond acceptors (Lipinski definition) is 4. The number of aromatic nitrogens is 3. The minimum absolute atomic E-state index is 0.488. The minimum atomic E-state index is 0.488. The highest BCUT2D eigenvalue weighted by Crippen LogP contribution is 2.23. The van der Waals surface area contributed by atoms with Gasteiger partial charge < -0.3 is 0 Å². The number of thioether (sulfide) groups is 1. The minimum Gasteiger partial charge on any atom is -0.195 e. The van der Waals surface area contributed by atoms with Gasteiger partial charge in [0.05, 0.1) is 16.3 Å². The molecule has 0 unspecified atom stereocenters. The van der Waals surface area contributed by atoms with Crippen molar-refractivity contribution in [3.05, 3.63) is 75.0 Å². The van der Waals surface area contributed by atoms with Gasteiger partial charge in [-0.25, -0.2) is 0 Å². The second-order valence-electron chi connectivity index (χ2n) is 4.79. The van der Waals surface area contributed by atoms with E-state index in [4.69, 9.17) is 34.8 Å². The summed E-state index contributed by atoms with van der Waals surface area (Å²) in [6.45, 7) is 0. The van der Waals surface area contributed by atoms with Gasteiger partial charge in [-0.3, -0.25) is 0 Å². The molecule has 0 bridgehead atoms. The lowest BCUT2D eigenvalue weighted by atomic mass is 10.2. The van der Waals surface area contributed by atoms with Gasteiger partial charge in [-0.1, -0.05) is 64.8 Å². The van der Waals surface area contributed by atoms with Crippen LogP contribution in [0.5, 0.6) is 0 Å². The fourth-order valence-electron chi connectivity index (χ4n) is 1.84. The molecule has 3 rings (SSSR count). The van der Waals surface area contributed by atoms with Crippen molar-refractivity contribution in [3.63, 3.8) is 0 Å². The maximum Gasteiger partial charge on any atom is 0.212 e. The van der Waals surface area contributed by atoms with E-state index in [2.05, 4.69) is 15.3 Å². The Bertz CT molecular complexity index is 862. The van der Waals surface area contributed by atoms with Crippen molar-refractivity contribution in [1.82, 2.24) is 14.9 Å². The maximum absolute atomic E-state index is 6.00. The third kappa shape index (κ3) is 4.51. The van der Waals surface area contributed by atoms with Crippen LogP contribution in [0, 0.1) is 0 Å². The summed E-state index contributed by atoms with van der Waals surface area (Å²) >= 11 is 19.3. The molecule has 4 nitrogen and oxygen atoms in total. The molecule has 0 spiro atoms. The summed E-state index contributed by atoms with van der Waals surface area (Å²) in [5, 5.41) is 14.8. The second kappa shape index (κ2) is 8.03. The zero-order chi connectivity index (χ0) is 16.9. The fraction of sp³-hybridized carbons (Fsp3) is 0.0625. The Morgan fingerprint density at radius 1 is 1.04 bits per heavy atom. The molecule has 122 valence electrons. The molecule has 1 aromatic heterocycles. The van der Waals surface area contributed by atoms with Gasteiger partial charge in [0.1, 0.15) is 6.33 Å². The van der Waals surface area contributed by atoms with Crippen molar-refractivity contribution in [3.8, 4) is 0 Å². The van der Waals surface area contributed by atoms with Crippen molar-refractivity contribution in [1.29, 1.82) is 0 Å². The lowest BCUT2D eigenvalue weighted by Crippen LogP contribution is -1.93. The Labute approximate surface area is 158 Å². The molecule has 0 radical (unpaired) electrons. The first-order chi connectivity index (χ1) is 11.6. The van der Waals surface area contributed by atoms with Crippen LogP contribution in [-0.2, 0) is 5.75 Å². The molecule has 0 aliphatic heterocycles. The Hall–Kier alpha value is -1.53. The first kappa shape index (κ1) is 17.3. The topological polar surface area (TPSA) is 43.1 Å². The van der Waals surface area contributed by atoms with Crippen LogP contribution in [0.1, 0.15) is 11.1 Å². The smallest absolute Gasteiger partial charge is 0.195 e. The van der Waals surface area contributed by atoms with E-state index in [0.717, 1.165) is 21.9 Å². The molecule has 0 aliphatic rings. The van der Waals surface area contributed by atoms with Crippen LogP contribution in [0.15, 0.2) is 59.0 Å². The highest BCUT2D eigenvalue weighted by atomic mass is 35.5. The van der Waals surface area contributed by atoms with Crippen LogP contribution >= 0.6 is 46.6 Å². The number of benzene rings is 2. The average Bonchev–Trinajstić information content (AvgIpc) is 3.03. The molecule has 3 aromatic rings. The van der Waals surface area contributed by atoms with E-state index in [9.17, 15) is 0 Å². The molecule has 0 N–H and O–H groups in total. The molecular formula is C16H11Cl3N4S. The largest absolute Gasteiger partial charge is 0.212 e. The Morgan fingerprint density at radius 2 is 1.83 bits per heavy atom. The summed E-state index contributed by atoms with van der Waals surface area (Å²) in [5.74, 6) is 0.748. The van der Waals surface area contributed by atoms with Gasteiger partial charge in [-0.15, -0.1) is 10.2 Å². The van der Waals surface area contributed by atoms with Crippen LogP contribution in [0.4, 0.5) is 0 Å². The summed E-state index contributed by atoms with van der Waals surface area (Å²) in [6, 6.07) is 13.0. The van der Waals surface area contributed by atoms with Gasteiger partial charge in [0, 0.05) is 10.8 Å². The van der Waals surface area contributed by atoms with Crippen LogP contribution < -0.4 is 0 Å². The van der Waals surface area contributed by atoms with Gasteiger partial charge in [-0.2, -0.15) is 9.78 Å². The summed E-state index contributed by atoms with van der Waals surface area (Å²) in [7, 11) is 0. The summed E-state index contributed by atoms with van der Waals surface area (Å²) in [4.78, 5) is 0. The number of nitrogens with zero attached hydrogens (tertiary/aromatic N) is 4. The van der Waals surface area contributed by atoms with Crippen molar-refractivity contribution < 1.29 is 0 Å². The standard InChI is InChI=1S/C16H11Cl3N4S/c17-13-4-1-11(2-5-13)9-24-16-22-20-10-23(16)21-8-12-3-6-14(18)15(19)7-12/h1-8,10H,9H2/b21-8+. The molecule has 1 heterocycles. The van der Waals surface area contributed by atoms with Crippen molar-refractivity contribution in [2.75, 3.05) is 0 Å². The summed E-state index contributed by atoms with van der Waals surface area (Å²) < 4.78 is 1.61. The zero-order valence-electron chi connectivity index (χ0n) is 12.2. The van der Waals surface area contributed by atoms with Crippen LogP contribution in [0.3, 0.4) is 0 Å². The quantitative estimate of drug-likeness (QED) is 0.427. The Balaban J connectivity index is 1.69. The van der Waals surface area contributed by atoms with Gasteiger partial charge in [0.15, 0.2) is 0 Å². The molecule has 0 atom stereocenters.